The average Bonchev–Trinajstić information content (AvgIpc) is 0.722. The van der Waals surface area contributed by atoms with Crippen LogP contribution in [0.2, 0.25) is 0 Å². The molecule has 9 heteroatoms. The van der Waals surface area contributed by atoms with E-state index in [0.717, 1.165) is 0 Å². The lowest BCUT2D eigenvalue weighted by molar-refractivity contribution is -0.0303. The molecule has 0 N–H and O–H groups in total. The quantitative estimate of drug-likeness (QED) is 0.451. The molecule has 0 aromatic rings. The van der Waals surface area contributed by atoms with Crippen LogP contribution in [0.25, 0.3) is 0 Å². The molecule has 0 saturated heterocycles. The van der Waals surface area contributed by atoms with E-state index in [0.29, 0.717) is 0 Å². The van der Waals surface area contributed by atoms with Crippen molar-refractivity contribution >= 4 is 12.6 Å². The molecule has 0 aliphatic carbocycles. The molecule has 0 aliphatic rings. The minimum atomic E-state index is -4.31. The molecule has 0 aliphatic heterocycles. The highest BCUT2D eigenvalue weighted by molar-refractivity contribution is 7.81. The van der Waals surface area contributed by atoms with Gasteiger partial charge in [-0.25, -0.2) is 0 Å². The third kappa shape index (κ3) is 8140. The van der Waals surface area contributed by atoms with E-state index in [1.807, 2.05) is 0 Å². The standard InChI is InChI=1S/CHF3S.5FH/c2-1(3,4)5;;;;;/h5H;5*1H. The number of hydrogen-bond donors (Lipinski definition) is 1. The fourth-order valence-electron chi connectivity index (χ4n) is 0. The van der Waals surface area contributed by atoms with Crippen LogP contribution in [0.1, 0.15) is 0 Å². The normalized spacial score (nSPS) is 6.00. The van der Waals surface area contributed by atoms with Gasteiger partial charge in [-0.1, -0.05) is 12.6 Å². The lowest BCUT2D eigenvalue weighted by atomic mass is 11.6. The van der Waals surface area contributed by atoms with Gasteiger partial charge in [0.15, 0.2) is 0 Å². The molecule has 0 bridgehead atoms. The maximum absolute atomic E-state index is 10.2. The molecule has 0 aromatic carbocycles. The Morgan fingerprint density at radius 3 is 0.700 bits per heavy atom. The molecule has 0 fully saturated rings. The second-order valence-electron chi connectivity index (χ2n) is 0.468. The summed E-state index contributed by atoms with van der Waals surface area (Å²) in [6.45, 7) is 0. The summed E-state index contributed by atoms with van der Waals surface area (Å²) in [5.74, 6) is 0. The van der Waals surface area contributed by atoms with Crippen molar-refractivity contribution in [1.29, 1.82) is 0 Å². The maximum atomic E-state index is 10.2. The predicted molar refractivity (Wildman–Crippen MR) is 27.6 cm³/mol. The fraction of sp³-hybridized carbons (Fsp3) is 1.00. The molecule has 0 saturated carbocycles. The molecule has 0 atom stereocenters. The molecule has 0 aromatic heterocycles. The van der Waals surface area contributed by atoms with Crippen LogP contribution in [0.3, 0.4) is 0 Å². The smallest absolute Gasteiger partial charge is 0.269 e. The Kier molecular flexibility index (Phi) is 83.8. The van der Waals surface area contributed by atoms with E-state index in [-0.39, 0.29) is 23.5 Å². The van der Waals surface area contributed by atoms with Crippen LogP contribution in [0.4, 0.5) is 36.7 Å². The molecule has 72 valence electrons. The highest BCUT2D eigenvalue weighted by Gasteiger charge is 2.17. The predicted octanol–water partition coefficient (Wildman–Crippen LogP) is 2.20. The zero-order valence-corrected chi connectivity index (χ0v) is 5.02. The van der Waals surface area contributed by atoms with Crippen molar-refractivity contribution in [2.45, 2.75) is 5.51 Å². The highest BCUT2D eigenvalue weighted by atomic mass is 32.1. The number of rotatable bonds is 0. The average molecular weight is 202 g/mol. The summed E-state index contributed by atoms with van der Waals surface area (Å²) < 4.78 is 30.7. The number of hydrogen-bond acceptors (Lipinski definition) is 1. The van der Waals surface area contributed by atoms with Crippen molar-refractivity contribution < 1.29 is 36.7 Å². The van der Waals surface area contributed by atoms with Gasteiger partial charge in [-0.05, 0) is 0 Å². The zero-order chi connectivity index (χ0) is 4.50. The first-order valence-electron chi connectivity index (χ1n) is 0.791. The molecule has 0 unspecified atom stereocenters. The fourth-order valence-corrected chi connectivity index (χ4v) is 0. The van der Waals surface area contributed by atoms with Gasteiger partial charge in [-0.3, -0.25) is 23.5 Å². The van der Waals surface area contributed by atoms with Crippen LogP contribution in [0, 0.1) is 0 Å². The Labute approximate surface area is 56.0 Å². The highest BCUT2D eigenvalue weighted by Crippen LogP contribution is 2.17. The summed E-state index contributed by atoms with van der Waals surface area (Å²) in [4.78, 5) is 0. The van der Waals surface area contributed by atoms with E-state index < -0.39 is 5.51 Å². The van der Waals surface area contributed by atoms with E-state index in [4.69, 9.17) is 0 Å². The largest absolute Gasteiger partial charge is 0.438 e. The van der Waals surface area contributed by atoms with Crippen LogP contribution >= 0.6 is 12.6 Å². The number of alkyl halides is 3. The van der Waals surface area contributed by atoms with Gasteiger partial charge in [0.25, 0.3) is 0 Å². The minimum absolute atomic E-state index is 0. The SMILES string of the molecule is F.F.F.F.F.FC(F)(F)S. The molecular weight excluding hydrogens is 196 g/mol. The molecule has 0 radical (unpaired) electrons. The van der Waals surface area contributed by atoms with Crippen LogP contribution < -0.4 is 0 Å². The Balaban J connectivity index is -0.00000000800. The van der Waals surface area contributed by atoms with Crippen LogP contribution in [-0.4, -0.2) is 5.51 Å². The summed E-state index contributed by atoms with van der Waals surface area (Å²) in [7, 11) is 0. The van der Waals surface area contributed by atoms with E-state index in [1.165, 1.54) is 0 Å². The minimum Gasteiger partial charge on any atom is -0.269 e. The maximum Gasteiger partial charge on any atom is 0.438 e. The van der Waals surface area contributed by atoms with Crippen LogP contribution in [0.15, 0.2) is 0 Å². The number of thiol groups is 1. The van der Waals surface area contributed by atoms with Crippen molar-refractivity contribution in [1.82, 2.24) is 0 Å². The first kappa shape index (κ1) is 52.7. The van der Waals surface area contributed by atoms with Gasteiger partial charge in [0, 0.05) is 0 Å². The summed E-state index contributed by atoms with van der Waals surface area (Å²) in [5.41, 5.74) is -4.31. The molecule has 0 spiro atoms. The van der Waals surface area contributed by atoms with Gasteiger partial charge in [-0.2, -0.15) is 13.2 Å². The van der Waals surface area contributed by atoms with Crippen LogP contribution in [-0.2, 0) is 0 Å². The molecule has 0 heterocycles. The molecule has 10 heavy (non-hydrogen) atoms. The van der Waals surface area contributed by atoms with Gasteiger partial charge in [-0.15, -0.1) is 0 Å². The molecule has 0 amide bonds. The summed E-state index contributed by atoms with van der Waals surface area (Å²) >= 11 is 2.12. The van der Waals surface area contributed by atoms with Crippen molar-refractivity contribution in [3.63, 3.8) is 0 Å². The van der Waals surface area contributed by atoms with E-state index in [2.05, 4.69) is 12.6 Å². The summed E-state index contributed by atoms with van der Waals surface area (Å²) in [6.07, 6.45) is 0. The second-order valence-corrected chi connectivity index (χ2v) is 0.975. The Morgan fingerprint density at radius 1 is 0.700 bits per heavy atom. The van der Waals surface area contributed by atoms with E-state index >= 15 is 0 Å². The summed E-state index contributed by atoms with van der Waals surface area (Å²) in [6, 6.07) is 0. The van der Waals surface area contributed by atoms with Gasteiger partial charge < -0.3 is 0 Å². The van der Waals surface area contributed by atoms with Crippen molar-refractivity contribution in [2.24, 2.45) is 0 Å². The second kappa shape index (κ2) is 15.9. The number of halogens is 8. The first-order chi connectivity index (χ1) is 2.00. The third-order valence-corrected chi connectivity index (χ3v) is 0. The lowest BCUT2D eigenvalue weighted by Crippen LogP contribution is -1.89. The van der Waals surface area contributed by atoms with Crippen molar-refractivity contribution in [3.05, 3.63) is 0 Å². The lowest BCUT2D eigenvalue weighted by Gasteiger charge is -1.87. The van der Waals surface area contributed by atoms with Gasteiger partial charge >= 0.3 is 5.51 Å². The Bertz CT molecular complexity index is 24.7. The van der Waals surface area contributed by atoms with E-state index in [9.17, 15) is 13.2 Å². The summed E-state index contributed by atoms with van der Waals surface area (Å²) in [5, 5.41) is 0. The molecular formula is CH6F8S. The van der Waals surface area contributed by atoms with Gasteiger partial charge in [0.1, 0.15) is 0 Å². The van der Waals surface area contributed by atoms with E-state index in [1.54, 1.807) is 0 Å². The molecule has 0 rings (SSSR count). The van der Waals surface area contributed by atoms with Crippen LogP contribution in [0.5, 0.6) is 0 Å². The molecule has 0 nitrogen and oxygen atoms in total. The zero-order valence-electron chi connectivity index (χ0n) is 4.12. The van der Waals surface area contributed by atoms with Crippen molar-refractivity contribution in [3.8, 4) is 0 Å². The third-order valence-electron chi connectivity index (χ3n) is 0. The Morgan fingerprint density at radius 2 is 0.700 bits per heavy atom. The Hall–Kier alpha value is -0.210. The monoisotopic (exact) mass is 202 g/mol. The van der Waals surface area contributed by atoms with Gasteiger partial charge in [0.2, 0.25) is 0 Å². The van der Waals surface area contributed by atoms with Crippen molar-refractivity contribution in [2.75, 3.05) is 0 Å². The van der Waals surface area contributed by atoms with Gasteiger partial charge in [0.05, 0.1) is 0 Å². The topological polar surface area (TPSA) is 0 Å². The first-order valence-corrected chi connectivity index (χ1v) is 1.24.